The normalized spacial score (nSPS) is 16.6. The number of fused-ring (bicyclic) bond motifs is 1. The molecule has 0 N–H and O–H groups in total. The number of aromatic nitrogens is 1. The van der Waals surface area contributed by atoms with Gasteiger partial charge in [-0.25, -0.2) is 4.79 Å². The van der Waals surface area contributed by atoms with Gasteiger partial charge in [-0.3, -0.25) is 0 Å². The van der Waals surface area contributed by atoms with Crippen LogP contribution in [0.4, 0.5) is 0 Å². The topological polar surface area (TPSA) is 40.5 Å². The molecule has 2 heterocycles. The maximum absolute atomic E-state index is 11.8. The van der Waals surface area contributed by atoms with Crippen LogP contribution >= 0.6 is 0 Å². The molecule has 0 bridgehead atoms. The van der Waals surface area contributed by atoms with E-state index < -0.39 is 0 Å². The molecule has 0 aliphatic carbocycles. The van der Waals surface area contributed by atoms with Crippen molar-refractivity contribution in [3.8, 4) is 5.75 Å². The van der Waals surface area contributed by atoms with Gasteiger partial charge in [0.05, 0.1) is 13.2 Å². The molecular weight excluding hydrogens is 254 g/mol. The van der Waals surface area contributed by atoms with Crippen molar-refractivity contribution in [2.45, 2.75) is 26.0 Å². The van der Waals surface area contributed by atoms with Crippen LogP contribution in [0.1, 0.15) is 23.0 Å². The smallest absolute Gasteiger partial charge is 0.354 e. The highest BCUT2D eigenvalue weighted by atomic mass is 16.5. The Hall–Kier alpha value is -2.23. The van der Waals surface area contributed by atoms with Crippen molar-refractivity contribution in [2.75, 3.05) is 6.61 Å². The number of esters is 1. The molecule has 2 aromatic rings. The van der Waals surface area contributed by atoms with Crippen molar-refractivity contribution < 1.29 is 14.3 Å². The van der Waals surface area contributed by atoms with E-state index in [1.165, 1.54) is 5.56 Å². The zero-order chi connectivity index (χ0) is 13.9. The first-order chi connectivity index (χ1) is 9.78. The van der Waals surface area contributed by atoms with Crippen LogP contribution in [-0.4, -0.2) is 23.2 Å². The second kappa shape index (κ2) is 5.41. The fourth-order valence-corrected chi connectivity index (χ4v) is 2.54. The predicted molar refractivity (Wildman–Crippen MR) is 75.0 cm³/mol. The van der Waals surface area contributed by atoms with Crippen LogP contribution in [0.2, 0.25) is 0 Å². The van der Waals surface area contributed by atoms with Crippen LogP contribution in [0.25, 0.3) is 0 Å². The molecule has 1 aromatic carbocycles. The molecule has 1 aromatic heterocycles. The summed E-state index contributed by atoms with van der Waals surface area (Å²) in [6.45, 7) is 2.84. The lowest BCUT2D eigenvalue weighted by Crippen LogP contribution is -2.23. The lowest BCUT2D eigenvalue weighted by Gasteiger charge is -2.14. The Balaban J connectivity index is 1.71. The molecule has 0 spiro atoms. The number of benzene rings is 1. The summed E-state index contributed by atoms with van der Waals surface area (Å²) in [7, 11) is 0. The first-order valence-corrected chi connectivity index (χ1v) is 6.84. The minimum Gasteiger partial charge on any atom is -0.488 e. The first kappa shape index (κ1) is 12.8. The van der Waals surface area contributed by atoms with Gasteiger partial charge in [-0.05, 0) is 30.7 Å². The second-order valence-electron chi connectivity index (χ2n) is 4.82. The number of hydrogen-bond acceptors (Lipinski definition) is 3. The highest BCUT2D eigenvalue weighted by Gasteiger charge is 2.24. The number of carbonyl (C=O) groups excluding carboxylic acids is 1. The van der Waals surface area contributed by atoms with Crippen LogP contribution in [0.3, 0.4) is 0 Å². The van der Waals surface area contributed by atoms with Crippen LogP contribution < -0.4 is 4.74 Å². The van der Waals surface area contributed by atoms with Crippen molar-refractivity contribution >= 4 is 5.97 Å². The molecule has 104 valence electrons. The largest absolute Gasteiger partial charge is 0.488 e. The lowest BCUT2D eigenvalue weighted by atomic mass is 10.1. The van der Waals surface area contributed by atoms with Gasteiger partial charge in [0.15, 0.2) is 0 Å². The third-order valence-corrected chi connectivity index (χ3v) is 3.43. The Morgan fingerprint density at radius 2 is 2.20 bits per heavy atom. The number of rotatable bonds is 4. The van der Waals surface area contributed by atoms with Crippen molar-refractivity contribution in [1.82, 2.24) is 4.57 Å². The van der Waals surface area contributed by atoms with Gasteiger partial charge in [-0.2, -0.15) is 0 Å². The molecule has 0 amide bonds. The van der Waals surface area contributed by atoms with Gasteiger partial charge < -0.3 is 14.0 Å². The van der Waals surface area contributed by atoms with Gasteiger partial charge in [0.2, 0.25) is 0 Å². The highest BCUT2D eigenvalue weighted by Crippen LogP contribution is 2.29. The van der Waals surface area contributed by atoms with Crippen molar-refractivity contribution in [3.63, 3.8) is 0 Å². The predicted octanol–water partition coefficient (Wildman–Crippen LogP) is 2.67. The lowest BCUT2D eigenvalue weighted by molar-refractivity contribution is 0.0511. The number of ether oxygens (including phenoxy) is 2. The van der Waals surface area contributed by atoms with Crippen molar-refractivity contribution in [3.05, 3.63) is 53.9 Å². The van der Waals surface area contributed by atoms with E-state index in [2.05, 4.69) is 6.07 Å². The van der Waals surface area contributed by atoms with Crippen molar-refractivity contribution in [2.24, 2.45) is 0 Å². The molecule has 3 rings (SSSR count). The van der Waals surface area contributed by atoms with Crippen LogP contribution in [0.5, 0.6) is 5.75 Å². The van der Waals surface area contributed by atoms with Crippen LogP contribution in [-0.2, 0) is 17.7 Å². The van der Waals surface area contributed by atoms with Gasteiger partial charge in [0.1, 0.15) is 17.5 Å². The van der Waals surface area contributed by atoms with E-state index in [1.807, 2.05) is 42.0 Å². The quantitative estimate of drug-likeness (QED) is 0.803. The average Bonchev–Trinajstić information content (AvgIpc) is 3.05. The van der Waals surface area contributed by atoms with Crippen LogP contribution in [0, 0.1) is 0 Å². The van der Waals surface area contributed by atoms with E-state index in [1.54, 1.807) is 6.07 Å². The number of nitrogens with zero attached hydrogens (tertiary/aromatic N) is 1. The second-order valence-corrected chi connectivity index (χ2v) is 4.82. The first-order valence-electron chi connectivity index (χ1n) is 6.84. The fourth-order valence-electron chi connectivity index (χ4n) is 2.54. The molecule has 0 radical (unpaired) electrons. The Bertz CT molecular complexity index is 593. The summed E-state index contributed by atoms with van der Waals surface area (Å²) in [5.74, 6) is 0.662. The van der Waals surface area contributed by atoms with E-state index >= 15 is 0 Å². The zero-order valence-corrected chi connectivity index (χ0v) is 11.4. The summed E-state index contributed by atoms with van der Waals surface area (Å²) in [6.07, 6.45) is 2.82. The molecule has 1 unspecified atom stereocenters. The van der Waals surface area contributed by atoms with Crippen molar-refractivity contribution in [1.29, 1.82) is 0 Å². The minimum atomic E-state index is -0.284. The summed E-state index contributed by atoms with van der Waals surface area (Å²) in [5, 5.41) is 0. The van der Waals surface area contributed by atoms with Gasteiger partial charge >= 0.3 is 5.97 Å². The average molecular weight is 271 g/mol. The molecule has 20 heavy (non-hydrogen) atoms. The molecule has 4 heteroatoms. The Morgan fingerprint density at radius 1 is 1.35 bits per heavy atom. The number of carbonyl (C=O) groups is 1. The fraction of sp³-hybridized carbons (Fsp3) is 0.312. The molecule has 1 aliphatic rings. The Morgan fingerprint density at radius 3 is 3.00 bits per heavy atom. The summed E-state index contributed by atoms with van der Waals surface area (Å²) < 4.78 is 12.9. The summed E-state index contributed by atoms with van der Waals surface area (Å²) in [6, 6.07) is 11.7. The molecular formula is C16H17NO3. The standard InChI is InChI=1S/C16H17NO3/c1-2-19-16(18)14-7-5-9-17(14)11-13-10-12-6-3-4-8-15(12)20-13/h3-9,13H,2,10-11H2,1H3. The minimum absolute atomic E-state index is 0.0629. The van der Waals surface area contributed by atoms with Gasteiger partial charge in [0.25, 0.3) is 0 Å². The summed E-state index contributed by atoms with van der Waals surface area (Å²) in [5.41, 5.74) is 1.80. The number of hydrogen-bond donors (Lipinski definition) is 0. The van der Waals surface area contributed by atoms with E-state index in [0.29, 0.717) is 18.8 Å². The molecule has 0 fully saturated rings. The molecule has 0 saturated heterocycles. The Kier molecular flexibility index (Phi) is 3.46. The monoisotopic (exact) mass is 271 g/mol. The zero-order valence-electron chi connectivity index (χ0n) is 11.4. The maximum Gasteiger partial charge on any atom is 0.354 e. The third-order valence-electron chi connectivity index (χ3n) is 3.43. The third kappa shape index (κ3) is 2.41. The summed E-state index contributed by atoms with van der Waals surface area (Å²) in [4.78, 5) is 11.8. The SMILES string of the molecule is CCOC(=O)c1cccn1CC1Cc2ccccc2O1. The van der Waals surface area contributed by atoms with Crippen LogP contribution in [0.15, 0.2) is 42.6 Å². The van der Waals surface area contributed by atoms with E-state index in [4.69, 9.17) is 9.47 Å². The highest BCUT2D eigenvalue weighted by molar-refractivity contribution is 5.87. The molecule has 1 atom stereocenters. The molecule has 4 nitrogen and oxygen atoms in total. The van der Waals surface area contributed by atoms with Gasteiger partial charge in [0, 0.05) is 12.6 Å². The van der Waals surface area contributed by atoms with Gasteiger partial charge in [-0.15, -0.1) is 0 Å². The number of para-hydroxylation sites is 1. The summed E-state index contributed by atoms with van der Waals surface area (Å²) >= 11 is 0. The van der Waals surface area contributed by atoms with E-state index in [9.17, 15) is 4.79 Å². The van der Waals surface area contributed by atoms with E-state index in [0.717, 1.165) is 12.2 Å². The Labute approximate surface area is 117 Å². The van der Waals surface area contributed by atoms with Gasteiger partial charge in [-0.1, -0.05) is 18.2 Å². The molecule has 1 aliphatic heterocycles. The molecule has 0 saturated carbocycles. The maximum atomic E-state index is 11.8. The van der Waals surface area contributed by atoms with E-state index in [-0.39, 0.29) is 12.1 Å².